The van der Waals surface area contributed by atoms with Crippen LogP contribution in [0.4, 0.5) is 9.80 Å². The minimum Gasteiger partial charge on any atom is -0.453 e. The molecule has 0 aliphatic heterocycles. The maximum atomic E-state index is 12.5. The van der Waals surface area contributed by atoms with Crippen LogP contribution in [0.25, 0.3) is 0 Å². The summed E-state index contributed by atoms with van der Waals surface area (Å²) in [6, 6.07) is 7.18. The van der Waals surface area contributed by atoms with Gasteiger partial charge in [0, 0.05) is 10.4 Å². The number of carbonyl (C=O) groups excluding carboxylic acids is 3. The molecule has 1 aromatic carbocycles. The van der Waals surface area contributed by atoms with E-state index < -0.39 is 12.0 Å². The van der Waals surface area contributed by atoms with E-state index >= 15 is 0 Å². The number of carbonyl (C=O) groups is 3. The van der Waals surface area contributed by atoms with Gasteiger partial charge in [-0.3, -0.25) is 14.9 Å². The number of rotatable bonds is 3. The van der Waals surface area contributed by atoms with E-state index in [4.69, 9.17) is 0 Å². The lowest BCUT2D eigenvalue weighted by Gasteiger charge is -2.09. The molecule has 24 heavy (non-hydrogen) atoms. The van der Waals surface area contributed by atoms with E-state index in [2.05, 4.69) is 15.4 Å². The number of nitrogens with one attached hydrogen (secondary N) is 2. The van der Waals surface area contributed by atoms with E-state index in [-0.39, 0.29) is 11.5 Å². The number of anilines is 1. The summed E-state index contributed by atoms with van der Waals surface area (Å²) in [6.45, 7) is 5.45. The second-order valence-electron chi connectivity index (χ2n) is 5.20. The average molecular weight is 346 g/mol. The average Bonchev–Trinajstić information content (AvgIpc) is 2.81. The molecule has 0 saturated heterocycles. The lowest BCUT2D eigenvalue weighted by molar-refractivity contribution is 0.0937. The predicted octanol–water partition coefficient (Wildman–Crippen LogP) is 3.42. The highest BCUT2D eigenvalue weighted by Crippen LogP contribution is 2.32. The Labute approximate surface area is 143 Å². The summed E-state index contributed by atoms with van der Waals surface area (Å²) in [4.78, 5) is 36.9. The van der Waals surface area contributed by atoms with E-state index in [1.807, 2.05) is 26.0 Å². The van der Waals surface area contributed by atoms with Crippen LogP contribution in [0.15, 0.2) is 24.3 Å². The van der Waals surface area contributed by atoms with Crippen molar-refractivity contribution in [2.24, 2.45) is 0 Å². The van der Waals surface area contributed by atoms with Crippen molar-refractivity contribution in [3.05, 3.63) is 51.4 Å². The van der Waals surface area contributed by atoms with Gasteiger partial charge >= 0.3 is 6.09 Å². The van der Waals surface area contributed by atoms with Gasteiger partial charge in [-0.25, -0.2) is 4.79 Å². The Morgan fingerprint density at radius 1 is 1.04 bits per heavy atom. The molecule has 0 aliphatic rings. The van der Waals surface area contributed by atoms with Crippen LogP contribution in [-0.4, -0.2) is 25.0 Å². The number of aryl methyl sites for hydroxylation is 2. The van der Waals surface area contributed by atoms with Gasteiger partial charge in [0.25, 0.3) is 11.8 Å². The molecular weight excluding hydrogens is 328 g/mol. The van der Waals surface area contributed by atoms with E-state index in [1.165, 1.54) is 18.4 Å². The molecule has 0 aliphatic carbocycles. The standard InChI is InChI=1S/C17H18N2O4S/c1-9-7-5-6-8-12(9)14(20)18-16-13(10(2)11(3)24-16)15(21)19-17(22)23-4/h5-8H,1-4H3,(H,18,20)(H,19,21,22). The van der Waals surface area contributed by atoms with Crippen molar-refractivity contribution in [1.29, 1.82) is 0 Å². The minimum atomic E-state index is -0.848. The SMILES string of the molecule is COC(=O)NC(=O)c1c(NC(=O)c2ccccc2C)sc(C)c1C. The molecule has 7 heteroatoms. The van der Waals surface area contributed by atoms with Gasteiger partial charge in [0.1, 0.15) is 5.00 Å². The first kappa shape index (κ1) is 17.7. The fraction of sp³-hybridized carbons (Fsp3) is 0.235. The van der Waals surface area contributed by atoms with Gasteiger partial charge in [-0.05, 0) is 38.0 Å². The topological polar surface area (TPSA) is 84.5 Å². The monoisotopic (exact) mass is 346 g/mol. The Hall–Kier alpha value is -2.67. The molecule has 0 bridgehead atoms. The van der Waals surface area contributed by atoms with E-state index in [0.717, 1.165) is 10.4 Å². The lowest BCUT2D eigenvalue weighted by atomic mass is 10.1. The number of hydrogen-bond acceptors (Lipinski definition) is 5. The maximum absolute atomic E-state index is 12.5. The molecule has 2 N–H and O–H groups in total. The summed E-state index contributed by atoms with van der Waals surface area (Å²) in [5.41, 5.74) is 2.34. The molecule has 0 spiro atoms. The third-order valence-corrected chi connectivity index (χ3v) is 4.75. The largest absolute Gasteiger partial charge is 0.453 e. The Bertz CT molecular complexity index is 811. The van der Waals surface area contributed by atoms with Crippen LogP contribution in [0.5, 0.6) is 0 Å². The molecule has 0 radical (unpaired) electrons. The van der Waals surface area contributed by atoms with E-state index in [1.54, 1.807) is 19.1 Å². The van der Waals surface area contributed by atoms with Crippen molar-refractivity contribution in [3.8, 4) is 0 Å². The molecule has 126 valence electrons. The predicted molar refractivity (Wildman–Crippen MR) is 92.8 cm³/mol. The summed E-state index contributed by atoms with van der Waals surface area (Å²) >= 11 is 1.29. The molecule has 0 unspecified atom stereocenters. The quantitative estimate of drug-likeness (QED) is 0.892. The van der Waals surface area contributed by atoms with Crippen LogP contribution < -0.4 is 10.6 Å². The Morgan fingerprint density at radius 3 is 2.33 bits per heavy atom. The van der Waals surface area contributed by atoms with Gasteiger partial charge in [0.05, 0.1) is 12.7 Å². The molecule has 2 aromatic rings. The van der Waals surface area contributed by atoms with Crippen LogP contribution >= 0.6 is 11.3 Å². The number of amides is 3. The van der Waals surface area contributed by atoms with Crippen LogP contribution in [-0.2, 0) is 4.74 Å². The zero-order valence-corrected chi connectivity index (χ0v) is 14.7. The maximum Gasteiger partial charge on any atom is 0.413 e. The summed E-state index contributed by atoms with van der Waals surface area (Å²) in [6.07, 6.45) is -0.848. The van der Waals surface area contributed by atoms with Crippen LogP contribution in [0, 0.1) is 20.8 Å². The van der Waals surface area contributed by atoms with Crippen molar-refractivity contribution in [1.82, 2.24) is 5.32 Å². The zero-order valence-electron chi connectivity index (χ0n) is 13.9. The second-order valence-corrected chi connectivity index (χ2v) is 6.43. The fourth-order valence-electron chi connectivity index (χ4n) is 2.19. The molecule has 0 fully saturated rings. The number of methoxy groups -OCH3 is 1. The fourth-order valence-corrected chi connectivity index (χ4v) is 3.25. The first-order valence-corrected chi connectivity index (χ1v) is 8.03. The zero-order chi connectivity index (χ0) is 17.9. The number of imide groups is 1. The number of ether oxygens (including phenoxy) is 1. The molecule has 1 aromatic heterocycles. The van der Waals surface area contributed by atoms with Gasteiger partial charge in [-0.15, -0.1) is 11.3 Å². The van der Waals surface area contributed by atoms with Gasteiger partial charge in [0.2, 0.25) is 0 Å². The van der Waals surface area contributed by atoms with Gasteiger partial charge in [-0.1, -0.05) is 18.2 Å². The Morgan fingerprint density at radius 2 is 1.71 bits per heavy atom. The molecule has 1 heterocycles. The van der Waals surface area contributed by atoms with Gasteiger partial charge < -0.3 is 10.1 Å². The molecule has 2 rings (SSSR count). The highest BCUT2D eigenvalue weighted by atomic mass is 32.1. The van der Waals surface area contributed by atoms with Gasteiger partial charge in [-0.2, -0.15) is 0 Å². The minimum absolute atomic E-state index is 0.268. The molecule has 3 amide bonds. The van der Waals surface area contributed by atoms with Crippen LogP contribution in [0.1, 0.15) is 36.7 Å². The molecule has 6 nitrogen and oxygen atoms in total. The Kier molecular flexibility index (Phi) is 5.35. The smallest absolute Gasteiger partial charge is 0.413 e. The third-order valence-electron chi connectivity index (χ3n) is 3.63. The molecule has 0 saturated carbocycles. The second kappa shape index (κ2) is 7.27. The van der Waals surface area contributed by atoms with Crippen molar-refractivity contribution in [3.63, 3.8) is 0 Å². The molecular formula is C17H18N2O4S. The van der Waals surface area contributed by atoms with Gasteiger partial charge in [0.15, 0.2) is 0 Å². The van der Waals surface area contributed by atoms with Crippen molar-refractivity contribution in [2.75, 3.05) is 12.4 Å². The summed E-state index contributed by atoms with van der Waals surface area (Å²) < 4.78 is 4.44. The van der Waals surface area contributed by atoms with Crippen molar-refractivity contribution in [2.45, 2.75) is 20.8 Å². The first-order valence-electron chi connectivity index (χ1n) is 7.21. The van der Waals surface area contributed by atoms with Crippen molar-refractivity contribution < 1.29 is 19.1 Å². The third kappa shape index (κ3) is 3.62. The number of thiophene rings is 1. The lowest BCUT2D eigenvalue weighted by Crippen LogP contribution is -2.31. The normalized spacial score (nSPS) is 10.2. The summed E-state index contributed by atoms with van der Waals surface area (Å²) in [7, 11) is 1.18. The highest BCUT2D eigenvalue weighted by molar-refractivity contribution is 7.16. The van der Waals surface area contributed by atoms with Crippen molar-refractivity contribution >= 4 is 34.2 Å². The number of benzene rings is 1. The summed E-state index contributed by atoms with van der Waals surface area (Å²) in [5.74, 6) is -0.912. The first-order chi connectivity index (χ1) is 11.3. The molecule has 0 atom stereocenters. The summed E-state index contributed by atoms with van der Waals surface area (Å²) in [5, 5.41) is 5.29. The van der Waals surface area contributed by atoms with E-state index in [9.17, 15) is 14.4 Å². The van der Waals surface area contributed by atoms with Crippen LogP contribution in [0.3, 0.4) is 0 Å². The van der Waals surface area contributed by atoms with E-state index in [0.29, 0.717) is 16.1 Å². The van der Waals surface area contributed by atoms with Crippen LogP contribution in [0.2, 0.25) is 0 Å². The Balaban J connectivity index is 2.33. The number of alkyl carbamates (subject to hydrolysis) is 1. The number of hydrogen-bond donors (Lipinski definition) is 2. The highest BCUT2D eigenvalue weighted by Gasteiger charge is 2.23.